The van der Waals surface area contributed by atoms with Crippen molar-refractivity contribution in [3.63, 3.8) is 0 Å². The molecule has 0 spiro atoms. The van der Waals surface area contributed by atoms with Crippen LogP contribution in [0.5, 0.6) is 5.75 Å². The molecule has 0 aromatic heterocycles. The molecular formula is C12H14F3NO. The predicted molar refractivity (Wildman–Crippen MR) is 57.6 cm³/mol. The van der Waals surface area contributed by atoms with E-state index < -0.39 is 11.7 Å². The third-order valence-electron chi connectivity index (χ3n) is 2.96. The lowest BCUT2D eigenvalue weighted by Gasteiger charge is -2.27. The van der Waals surface area contributed by atoms with Crippen molar-refractivity contribution in [1.82, 2.24) is 0 Å². The third-order valence-corrected chi connectivity index (χ3v) is 2.96. The Morgan fingerprint density at radius 1 is 1.29 bits per heavy atom. The quantitative estimate of drug-likeness (QED) is 0.888. The standard InChI is InChI=1S/C12H14F3NO/c13-12(14,15)11-6-10(5-4-8(11)7-16)17-9-2-1-3-9/h4-6,9H,1-3,7,16H2. The zero-order chi connectivity index (χ0) is 12.5. The first kappa shape index (κ1) is 12.2. The Labute approximate surface area is 97.6 Å². The molecule has 0 atom stereocenters. The van der Waals surface area contributed by atoms with Gasteiger partial charge in [0.25, 0.3) is 0 Å². The van der Waals surface area contributed by atoms with Crippen LogP contribution in [0.1, 0.15) is 30.4 Å². The van der Waals surface area contributed by atoms with Crippen LogP contribution < -0.4 is 10.5 Å². The van der Waals surface area contributed by atoms with E-state index in [-0.39, 0.29) is 24.0 Å². The number of rotatable bonds is 3. The maximum atomic E-state index is 12.7. The van der Waals surface area contributed by atoms with Crippen molar-refractivity contribution in [2.24, 2.45) is 5.73 Å². The van der Waals surface area contributed by atoms with Crippen molar-refractivity contribution in [3.05, 3.63) is 29.3 Å². The van der Waals surface area contributed by atoms with E-state index in [9.17, 15) is 13.2 Å². The third kappa shape index (κ3) is 2.72. The molecule has 1 aliphatic carbocycles. The average molecular weight is 245 g/mol. The minimum absolute atomic E-state index is 0.0693. The SMILES string of the molecule is NCc1ccc(OC2CCC2)cc1C(F)(F)F. The maximum Gasteiger partial charge on any atom is 0.416 e. The van der Waals surface area contributed by atoms with Gasteiger partial charge in [-0.3, -0.25) is 0 Å². The maximum absolute atomic E-state index is 12.7. The van der Waals surface area contributed by atoms with Gasteiger partial charge in [0, 0.05) is 6.54 Å². The Balaban J connectivity index is 2.24. The molecule has 1 aromatic rings. The fraction of sp³-hybridized carbons (Fsp3) is 0.500. The van der Waals surface area contributed by atoms with E-state index in [0.717, 1.165) is 25.3 Å². The number of alkyl halides is 3. The smallest absolute Gasteiger partial charge is 0.416 e. The molecule has 2 rings (SSSR count). The highest BCUT2D eigenvalue weighted by Crippen LogP contribution is 2.35. The van der Waals surface area contributed by atoms with Gasteiger partial charge in [0.1, 0.15) is 5.75 Å². The summed E-state index contributed by atoms with van der Waals surface area (Å²) in [5, 5.41) is 0. The number of halogens is 3. The van der Waals surface area contributed by atoms with Crippen molar-refractivity contribution in [1.29, 1.82) is 0 Å². The summed E-state index contributed by atoms with van der Waals surface area (Å²) in [6.45, 7) is -0.126. The lowest BCUT2D eigenvalue weighted by Crippen LogP contribution is -2.24. The summed E-state index contributed by atoms with van der Waals surface area (Å²) in [6, 6.07) is 3.98. The van der Waals surface area contributed by atoms with Crippen LogP contribution in [0, 0.1) is 0 Å². The molecule has 0 saturated heterocycles. The summed E-state index contributed by atoms with van der Waals surface area (Å²) in [4.78, 5) is 0. The lowest BCUT2D eigenvalue weighted by molar-refractivity contribution is -0.138. The van der Waals surface area contributed by atoms with Gasteiger partial charge in [-0.1, -0.05) is 6.07 Å². The molecule has 0 radical (unpaired) electrons. The van der Waals surface area contributed by atoms with Crippen molar-refractivity contribution in [3.8, 4) is 5.75 Å². The number of hydrogen-bond donors (Lipinski definition) is 1. The Morgan fingerprint density at radius 3 is 2.47 bits per heavy atom. The summed E-state index contributed by atoms with van der Waals surface area (Å²) < 4.78 is 43.7. The van der Waals surface area contributed by atoms with E-state index in [4.69, 9.17) is 10.5 Å². The molecule has 2 nitrogen and oxygen atoms in total. The molecule has 1 aliphatic rings. The van der Waals surface area contributed by atoms with E-state index in [1.165, 1.54) is 6.07 Å². The van der Waals surface area contributed by atoms with Crippen LogP contribution in [-0.2, 0) is 12.7 Å². The number of hydrogen-bond acceptors (Lipinski definition) is 2. The van der Waals surface area contributed by atoms with Crippen LogP contribution >= 0.6 is 0 Å². The average Bonchev–Trinajstić information content (AvgIpc) is 2.22. The molecule has 1 fully saturated rings. The minimum Gasteiger partial charge on any atom is -0.490 e. The Morgan fingerprint density at radius 2 is 2.00 bits per heavy atom. The molecule has 1 saturated carbocycles. The second-order valence-electron chi connectivity index (χ2n) is 4.19. The van der Waals surface area contributed by atoms with E-state index in [1.54, 1.807) is 6.07 Å². The van der Waals surface area contributed by atoms with Crippen LogP contribution in [0.2, 0.25) is 0 Å². The first-order valence-corrected chi connectivity index (χ1v) is 5.57. The second kappa shape index (κ2) is 4.56. The first-order valence-electron chi connectivity index (χ1n) is 5.57. The molecule has 0 bridgehead atoms. The van der Waals surface area contributed by atoms with E-state index in [0.29, 0.717) is 0 Å². The number of ether oxygens (including phenoxy) is 1. The van der Waals surface area contributed by atoms with E-state index >= 15 is 0 Å². The zero-order valence-corrected chi connectivity index (χ0v) is 9.26. The van der Waals surface area contributed by atoms with Gasteiger partial charge in [-0.25, -0.2) is 0 Å². The molecule has 94 valence electrons. The highest BCUT2D eigenvalue weighted by atomic mass is 19.4. The van der Waals surface area contributed by atoms with E-state index in [2.05, 4.69) is 0 Å². The molecular weight excluding hydrogens is 231 g/mol. The first-order chi connectivity index (χ1) is 8.00. The van der Waals surface area contributed by atoms with Crippen LogP contribution in [0.25, 0.3) is 0 Å². The molecule has 0 unspecified atom stereocenters. The topological polar surface area (TPSA) is 35.2 Å². The molecule has 17 heavy (non-hydrogen) atoms. The fourth-order valence-corrected chi connectivity index (χ4v) is 1.75. The predicted octanol–water partition coefficient (Wildman–Crippen LogP) is 3.10. The van der Waals surface area contributed by atoms with Crippen LogP contribution in [-0.4, -0.2) is 6.10 Å². The Bertz CT molecular complexity index is 399. The van der Waals surface area contributed by atoms with Crippen LogP contribution in [0.4, 0.5) is 13.2 Å². The van der Waals surface area contributed by atoms with Gasteiger partial charge in [-0.2, -0.15) is 13.2 Å². The molecule has 1 aromatic carbocycles. The van der Waals surface area contributed by atoms with Crippen molar-refractivity contribution in [2.75, 3.05) is 0 Å². The van der Waals surface area contributed by atoms with Crippen molar-refractivity contribution >= 4 is 0 Å². The number of benzene rings is 1. The Hall–Kier alpha value is -1.23. The van der Waals surface area contributed by atoms with Gasteiger partial charge in [0.05, 0.1) is 11.7 Å². The summed E-state index contributed by atoms with van der Waals surface area (Å²) in [7, 11) is 0. The summed E-state index contributed by atoms with van der Waals surface area (Å²) in [5.41, 5.74) is 4.69. The lowest BCUT2D eigenvalue weighted by atomic mass is 9.96. The molecule has 5 heteroatoms. The second-order valence-corrected chi connectivity index (χ2v) is 4.19. The molecule has 0 aliphatic heterocycles. The van der Waals surface area contributed by atoms with E-state index in [1.807, 2.05) is 0 Å². The summed E-state index contributed by atoms with van der Waals surface area (Å²) in [5.74, 6) is 0.277. The Kier molecular flexibility index (Phi) is 3.28. The van der Waals surface area contributed by atoms with Crippen LogP contribution in [0.3, 0.4) is 0 Å². The summed E-state index contributed by atoms with van der Waals surface area (Å²) in [6.07, 6.45) is -1.40. The number of nitrogens with two attached hydrogens (primary N) is 1. The van der Waals surface area contributed by atoms with Gasteiger partial charge in [0.15, 0.2) is 0 Å². The van der Waals surface area contributed by atoms with Gasteiger partial charge in [0.2, 0.25) is 0 Å². The molecule has 0 heterocycles. The monoisotopic (exact) mass is 245 g/mol. The summed E-state index contributed by atoms with van der Waals surface area (Å²) >= 11 is 0. The van der Waals surface area contributed by atoms with Crippen LogP contribution in [0.15, 0.2) is 18.2 Å². The fourth-order valence-electron chi connectivity index (χ4n) is 1.75. The van der Waals surface area contributed by atoms with Crippen molar-refractivity contribution < 1.29 is 17.9 Å². The zero-order valence-electron chi connectivity index (χ0n) is 9.26. The largest absolute Gasteiger partial charge is 0.490 e. The molecule has 2 N–H and O–H groups in total. The normalized spacial score (nSPS) is 16.7. The highest BCUT2D eigenvalue weighted by molar-refractivity contribution is 5.37. The van der Waals surface area contributed by atoms with Gasteiger partial charge >= 0.3 is 6.18 Å². The minimum atomic E-state index is -4.38. The van der Waals surface area contributed by atoms with Gasteiger partial charge in [-0.05, 0) is 37.0 Å². The highest BCUT2D eigenvalue weighted by Gasteiger charge is 2.33. The van der Waals surface area contributed by atoms with Gasteiger partial charge in [-0.15, -0.1) is 0 Å². The molecule has 0 amide bonds. The van der Waals surface area contributed by atoms with Crippen molar-refractivity contribution in [2.45, 2.75) is 38.1 Å². The van der Waals surface area contributed by atoms with Gasteiger partial charge < -0.3 is 10.5 Å².